The number of nitrogens with one attached hydrogen (secondary N) is 1. The van der Waals surface area contributed by atoms with Crippen LogP contribution in [0.3, 0.4) is 0 Å². The molecule has 118 valence electrons. The maximum absolute atomic E-state index is 9.40. The Bertz CT molecular complexity index is 723. The van der Waals surface area contributed by atoms with E-state index in [9.17, 15) is 5.26 Å². The van der Waals surface area contributed by atoms with Crippen molar-refractivity contribution in [2.75, 3.05) is 23.3 Å². The molecule has 0 saturated carbocycles. The molecule has 1 aliphatic heterocycles. The van der Waals surface area contributed by atoms with E-state index in [2.05, 4.69) is 36.7 Å². The van der Waals surface area contributed by atoms with Crippen LogP contribution < -0.4 is 10.2 Å². The molecule has 0 unspecified atom stereocenters. The SMILES string of the molecule is Cc1nnc(N[C@@H]2CCCN(c3cccnn3)C2)c(C#N)c1C. The zero-order valence-electron chi connectivity index (χ0n) is 13.3. The largest absolute Gasteiger partial charge is 0.363 e. The first kappa shape index (κ1) is 15.2. The Balaban J connectivity index is 1.76. The van der Waals surface area contributed by atoms with Gasteiger partial charge in [-0.05, 0) is 44.4 Å². The predicted molar refractivity (Wildman–Crippen MR) is 87.1 cm³/mol. The Morgan fingerprint density at radius 2 is 2.17 bits per heavy atom. The van der Waals surface area contributed by atoms with Crippen molar-refractivity contribution in [2.24, 2.45) is 0 Å². The molecule has 1 saturated heterocycles. The maximum Gasteiger partial charge on any atom is 0.167 e. The number of aromatic nitrogens is 4. The summed E-state index contributed by atoms with van der Waals surface area (Å²) >= 11 is 0. The summed E-state index contributed by atoms with van der Waals surface area (Å²) in [5.74, 6) is 1.45. The summed E-state index contributed by atoms with van der Waals surface area (Å²) in [4.78, 5) is 2.20. The normalized spacial score (nSPS) is 17.6. The van der Waals surface area contributed by atoms with Crippen LogP contribution in [0, 0.1) is 25.2 Å². The minimum atomic E-state index is 0.203. The first-order valence-electron chi connectivity index (χ1n) is 7.72. The van der Waals surface area contributed by atoms with Gasteiger partial charge < -0.3 is 10.2 Å². The van der Waals surface area contributed by atoms with Crippen LogP contribution in [-0.2, 0) is 0 Å². The number of anilines is 2. The number of nitriles is 1. The summed E-state index contributed by atoms with van der Waals surface area (Å²) in [7, 11) is 0. The van der Waals surface area contributed by atoms with Gasteiger partial charge in [0.15, 0.2) is 11.6 Å². The zero-order chi connectivity index (χ0) is 16.2. The molecule has 1 N–H and O–H groups in total. The molecule has 7 heteroatoms. The molecule has 0 spiro atoms. The molecule has 2 aromatic heterocycles. The zero-order valence-corrected chi connectivity index (χ0v) is 13.3. The topological polar surface area (TPSA) is 90.6 Å². The third kappa shape index (κ3) is 3.21. The van der Waals surface area contributed by atoms with Crippen molar-refractivity contribution in [3.8, 4) is 6.07 Å². The summed E-state index contributed by atoms with van der Waals surface area (Å²) in [5.41, 5.74) is 2.25. The molecule has 0 aromatic carbocycles. The van der Waals surface area contributed by atoms with E-state index >= 15 is 0 Å². The van der Waals surface area contributed by atoms with Gasteiger partial charge in [-0.1, -0.05) is 0 Å². The Morgan fingerprint density at radius 3 is 2.91 bits per heavy atom. The quantitative estimate of drug-likeness (QED) is 0.925. The molecule has 3 rings (SSSR count). The highest BCUT2D eigenvalue weighted by Crippen LogP contribution is 2.22. The van der Waals surface area contributed by atoms with Crippen LogP contribution in [0.2, 0.25) is 0 Å². The lowest BCUT2D eigenvalue weighted by Crippen LogP contribution is -2.43. The van der Waals surface area contributed by atoms with E-state index in [1.54, 1.807) is 6.20 Å². The third-order valence-electron chi connectivity index (χ3n) is 4.21. The fraction of sp³-hybridized carbons (Fsp3) is 0.438. The highest BCUT2D eigenvalue weighted by Gasteiger charge is 2.23. The molecule has 7 nitrogen and oxygen atoms in total. The van der Waals surface area contributed by atoms with Crippen molar-refractivity contribution in [2.45, 2.75) is 32.7 Å². The number of nitrogens with zero attached hydrogens (tertiary/aromatic N) is 6. The molecule has 23 heavy (non-hydrogen) atoms. The highest BCUT2D eigenvalue weighted by atomic mass is 15.3. The van der Waals surface area contributed by atoms with Crippen LogP contribution in [0.15, 0.2) is 18.3 Å². The van der Waals surface area contributed by atoms with Gasteiger partial charge in [0.1, 0.15) is 11.6 Å². The molecule has 1 atom stereocenters. The van der Waals surface area contributed by atoms with Gasteiger partial charge in [-0.15, -0.1) is 10.2 Å². The Morgan fingerprint density at radius 1 is 1.30 bits per heavy atom. The maximum atomic E-state index is 9.40. The van der Waals surface area contributed by atoms with E-state index < -0.39 is 0 Å². The van der Waals surface area contributed by atoms with E-state index in [4.69, 9.17) is 0 Å². The van der Waals surface area contributed by atoms with E-state index in [0.717, 1.165) is 43.0 Å². The van der Waals surface area contributed by atoms with Crippen molar-refractivity contribution in [1.29, 1.82) is 5.26 Å². The number of hydrogen-bond donors (Lipinski definition) is 1. The van der Waals surface area contributed by atoms with Crippen molar-refractivity contribution in [3.05, 3.63) is 35.2 Å². The molecule has 1 aliphatic rings. The number of piperidine rings is 1. The molecule has 0 radical (unpaired) electrons. The second kappa shape index (κ2) is 6.57. The summed E-state index contributed by atoms with van der Waals surface area (Å²) in [6, 6.07) is 6.29. The van der Waals surface area contributed by atoms with Crippen molar-refractivity contribution < 1.29 is 0 Å². The van der Waals surface area contributed by atoms with Crippen LogP contribution >= 0.6 is 0 Å². The second-order valence-electron chi connectivity index (χ2n) is 5.76. The van der Waals surface area contributed by atoms with E-state index in [-0.39, 0.29) is 6.04 Å². The van der Waals surface area contributed by atoms with Crippen LogP contribution in [0.1, 0.15) is 29.7 Å². The van der Waals surface area contributed by atoms with Crippen LogP contribution in [0.25, 0.3) is 0 Å². The summed E-state index contributed by atoms with van der Waals surface area (Å²) in [6.45, 7) is 5.53. The average Bonchev–Trinajstić information content (AvgIpc) is 2.60. The third-order valence-corrected chi connectivity index (χ3v) is 4.21. The van der Waals surface area contributed by atoms with Gasteiger partial charge in [-0.3, -0.25) is 0 Å². The lowest BCUT2D eigenvalue weighted by Gasteiger charge is -2.34. The van der Waals surface area contributed by atoms with Crippen molar-refractivity contribution in [1.82, 2.24) is 20.4 Å². The number of aryl methyl sites for hydroxylation is 1. The molecule has 1 fully saturated rings. The first-order chi connectivity index (χ1) is 11.2. The second-order valence-corrected chi connectivity index (χ2v) is 5.76. The number of rotatable bonds is 3. The molecule has 0 amide bonds. The van der Waals surface area contributed by atoms with Gasteiger partial charge >= 0.3 is 0 Å². The fourth-order valence-electron chi connectivity index (χ4n) is 2.80. The summed E-state index contributed by atoms with van der Waals surface area (Å²) < 4.78 is 0. The fourth-order valence-corrected chi connectivity index (χ4v) is 2.80. The lowest BCUT2D eigenvalue weighted by molar-refractivity contribution is 0.523. The molecule has 3 heterocycles. The number of hydrogen-bond acceptors (Lipinski definition) is 7. The molecule has 0 aliphatic carbocycles. The van der Waals surface area contributed by atoms with Gasteiger partial charge in [0.2, 0.25) is 0 Å². The minimum absolute atomic E-state index is 0.203. The van der Waals surface area contributed by atoms with Gasteiger partial charge in [0, 0.05) is 25.3 Å². The molecular formula is C16H19N7. The predicted octanol–water partition coefficient (Wildman–Crippen LogP) is 1.84. The average molecular weight is 309 g/mol. The van der Waals surface area contributed by atoms with Gasteiger partial charge in [0.25, 0.3) is 0 Å². The Hall–Kier alpha value is -2.75. The van der Waals surface area contributed by atoms with E-state index in [1.165, 1.54) is 0 Å². The summed E-state index contributed by atoms with van der Waals surface area (Å²) in [5, 5.41) is 29.2. The standard InChI is InChI=1S/C16H19N7/c1-11-12(2)20-22-16(14(11)9-17)19-13-5-4-8-23(10-13)15-6-3-7-18-21-15/h3,6-7,13H,4-5,8,10H2,1-2H3,(H,19,22)/t13-/m1/s1. The van der Waals surface area contributed by atoms with Crippen LogP contribution in [0.4, 0.5) is 11.6 Å². The smallest absolute Gasteiger partial charge is 0.167 e. The van der Waals surface area contributed by atoms with Gasteiger partial charge in [-0.25, -0.2) is 0 Å². The van der Waals surface area contributed by atoms with Crippen LogP contribution in [0.5, 0.6) is 0 Å². The van der Waals surface area contributed by atoms with Crippen LogP contribution in [-0.4, -0.2) is 39.5 Å². The molecular weight excluding hydrogens is 290 g/mol. The van der Waals surface area contributed by atoms with Crippen molar-refractivity contribution in [3.63, 3.8) is 0 Å². The summed E-state index contributed by atoms with van der Waals surface area (Å²) in [6.07, 6.45) is 3.75. The minimum Gasteiger partial charge on any atom is -0.363 e. The molecule has 2 aromatic rings. The molecule has 0 bridgehead atoms. The van der Waals surface area contributed by atoms with Gasteiger partial charge in [0.05, 0.1) is 5.69 Å². The first-order valence-corrected chi connectivity index (χ1v) is 7.72. The van der Waals surface area contributed by atoms with E-state index in [1.807, 2.05) is 26.0 Å². The monoisotopic (exact) mass is 309 g/mol. The van der Waals surface area contributed by atoms with Crippen molar-refractivity contribution >= 4 is 11.6 Å². The highest BCUT2D eigenvalue weighted by molar-refractivity contribution is 5.56. The lowest BCUT2D eigenvalue weighted by atomic mass is 10.0. The van der Waals surface area contributed by atoms with Gasteiger partial charge in [-0.2, -0.15) is 15.5 Å². The van der Waals surface area contributed by atoms with E-state index in [0.29, 0.717) is 11.4 Å². The Kier molecular flexibility index (Phi) is 4.33. The Labute approximate surface area is 135 Å².